The molecule has 0 radical (unpaired) electrons. The first-order valence-corrected chi connectivity index (χ1v) is 9.87. The number of urea groups is 1. The fraction of sp³-hybridized carbons (Fsp3) is 0.450. The minimum absolute atomic E-state index is 0.142. The topological polar surface area (TPSA) is 91.4 Å². The van der Waals surface area contributed by atoms with Crippen molar-refractivity contribution in [1.29, 1.82) is 0 Å². The smallest absolute Gasteiger partial charge is 0.319 e. The average molecular weight is 380 g/mol. The van der Waals surface area contributed by atoms with E-state index in [9.17, 15) is 4.79 Å². The third-order valence-electron chi connectivity index (χ3n) is 5.30. The minimum atomic E-state index is -0.142. The van der Waals surface area contributed by atoms with Crippen molar-refractivity contribution in [3.63, 3.8) is 0 Å². The van der Waals surface area contributed by atoms with E-state index in [0.29, 0.717) is 19.3 Å². The fourth-order valence-electron chi connectivity index (χ4n) is 3.59. The van der Waals surface area contributed by atoms with Gasteiger partial charge in [0.25, 0.3) is 0 Å². The molecule has 1 aromatic carbocycles. The zero-order chi connectivity index (χ0) is 18.9. The first-order valence-electron chi connectivity index (χ1n) is 9.87. The number of aromatic nitrogens is 2. The fourth-order valence-corrected chi connectivity index (χ4v) is 3.59. The summed E-state index contributed by atoms with van der Waals surface area (Å²) in [6.07, 6.45) is 2.15. The number of hydrogen-bond acceptors (Lipinski definition) is 6. The molecule has 2 aromatic rings. The normalized spacial score (nSPS) is 18.6. The molecule has 3 N–H and O–H groups in total. The maximum Gasteiger partial charge on any atom is 0.319 e. The lowest BCUT2D eigenvalue weighted by molar-refractivity contribution is 0.122. The van der Waals surface area contributed by atoms with Gasteiger partial charge in [0.2, 0.25) is 5.95 Å². The Kier molecular flexibility index (Phi) is 4.58. The van der Waals surface area contributed by atoms with Crippen LogP contribution in [0.4, 0.5) is 16.4 Å². The molecule has 1 aliphatic carbocycles. The van der Waals surface area contributed by atoms with Crippen molar-refractivity contribution >= 4 is 17.7 Å². The number of nitrogens with zero attached hydrogens (tertiary/aromatic N) is 3. The van der Waals surface area contributed by atoms with Crippen molar-refractivity contribution in [1.82, 2.24) is 20.6 Å². The summed E-state index contributed by atoms with van der Waals surface area (Å²) in [7, 11) is 0. The lowest BCUT2D eigenvalue weighted by Gasteiger charge is -2.27. The molecule has 1 aromatic heterocycles. The van der Waals surface area contributed by atoms with Gasteiger partial charge in [-0.25, -0.2) is 14.8 Å². The van der Waals surface area contributed by atoms with Crippen molar-refractivity contribution in [2.24, 2.45) is 0 Å². The second-order valence-corrected chi connectivity index (χ2v) is 7.45. The zero-order valence-corrected chi connectivity index (χ0v) is 15.7. The number of benzene rings is 1. The molecular weight excluding hydrogens is 356 g/mol. The molecule has 0 bridgehead atoms. The molecule has 8 heteroatoms. The van der Waals surface area contributed by atoms with Gasteiger partial charge in [-0.3, -0.25) is 0 Å². The highest BCUT2D eigenvalue weighted by Gasteiger charge is 2.24. The van der Waals surface area contributed by atoms with E-state index in [1.165, 1.54) is 0 Å². The summed E-state index contributed by atoms with van der Waals surface area (Å²) >= 11 is 0. The van der Waals surface area contributed by atoms with Crippen LogP contribution in [0.3, 0.4) is 0 Å². The zero-order valence-electron chi connectivity index (χ0n) is 15.7. The van der Waals surface area contributed by atoms with E-state index in [4.69, 9.17) is 14.7 Å². The molecular formula is C20H24N6O2. The van der Waals surface area contributed by atoms with Crippen molar-refractivity contribution in [2.75, 3.05) is 36.5 Å². The molecule has 1 saturated heterocycles. The van der Waals surface area contributed by atoms with Crippen LogP contribution in [0.1, 0.15) is 24.1 Å². The molecule has 1 saturated carbocycles. The number of carbonyl (C=O) groups excluding carboxylic acids is 1. The third-order valence-corrected chi connectivity index (χ3v) is 5.30. The molecule has 3 aliphatic rings. The highest BCUT2D eigenvalue weighted by atomic mass is 16.5. The maximum absolute atomic E-state index is 11.9. The average Bonchev–Trinajstić information content (AvgIpc) is 3.40. The van der Waals surface area contributed by atoms with E-state index in [0.717, 1.165) is 73.2 Å². The lowest BCUT2D eigenvalue weighted by atomic mass is 10.1. The van der Waals surface area contributed by atoms with E-state index in [1.807, 2.05) is 24.3 Å². The van der Waals surface area contributed by atoms with Crippen LogP contribution in [0.2, 0.25) is 0 Å². The number of carbonyl (C=O) groups is 1. The van der Waals surface area contributed by atoms with Crippen LogP contribution in [-0.4, -0.2) is 48.3 Å². The number of nitrogens with one attached hydrogen (secondary N) is 3. The number of amides is 2. The van der Waals surface area contributed by atoms with E-state index < -0.39 is 0 Å². The van der Waals surface area contributed by atoms with Crippen LogP contribution in [-0.2, 0) is 17.8 Å². The molecule has 2 aliphatic heterocycles. The Morgan fingerprint density at radius 1 is 1.11 bits per heavy atom. The van der Waals surface area contributed by atoms with E-state index in [-0.39, 0.29) is 6.03 Å². The second kappa shape index (κ2) is 7.37. The Bertz CT molecular complexity index is 875. The molecule has 0 spiro atoms. The van der Waals surface area contributed by atoms with Crippen LogP contribution < -0.4 is 20.9 Å². The predicted octanol–water partition coefficient (Wildman–Crippen LogP) is 1.87. The molecule has 5 rings (SSSR count). The molecule has 28 heavy (non-hydrogen) atoms. The summed E-state index contributed by atoms with van der Waals surface area (Å²) in [5.41, 5.74) is 5.00. The highest BCUT2D eigenvalue weighted by molar-refractivity contribution is 5.90. The van der Waals surface area contributed by atoms with Crippen LogP contribution in [0.25, 0.3) is 11.3 Å². The molecule has 0 atom stereocenters. The van der Waals surface area contributed by atoms with Crippen molar-refractivity contribution in [3.05, 3.63) is 35.5 Å². The molecule has 0 unspecified atom stereocenters. The Hall–Kier alpha value is -2.71. The van der Waals surface area contributed by atoms with Gasteiger partial charge in [0.1, 0.15) is 0 Å². The highest BCUT2D eigenvalue weighted by Crippen LogP contribution is 2.30. The predicted molar refractivity (Wildman–Crippen MR) is 106 cm³/mol. The van der Waals surface area contributed by atoms with Crippen LogP contribution >= 0.6 is 0 Å². The number of anilines is 2. The van der Waals surface area contributed by atoms with E-state index in [2.05, 4.69) is 20.9 Å². The summed E-state index contributed by atoms with van der Waals surface area (Å²) in [6, 6.07) is 8.07. The Morgan fingerprint density at radius 3 is 2.64 bits per heavy atom. The van der Waals surface area contributed by atoms with Crippen LogP contribution in [0.15, 0.2) is 24.3 Å². The van der Waals surface area contributed by atoms with Crippen LogP contribution in [0, 0.1) is 0 Å². The minimum Gasteiger partial charge on any atom is -0.378 e. The van der Waals surface area contributed by atoms with Gasteiger partial charge in [-0.05, 0) is 25.0 Å². The van der Waals surface area contributed by atoms with Gasteiger partial charge in [-0.2, -0.15) is 0 Å². The van der Waals surface area contributed by atoms with Gasteiger partial charge in [-0.15, -0.1) is 0 Å². The molecule has 2 amide bonds. The lowest BCUT2D eigenvalue weighted by Crippen LogP contribution is -2.37. The van der Waals surface area contributed by atoms with Gasteiger partial charge in [0, 0.05) is 49.0 Å². The van der Waals surface area contributed by atoms with Gasteiger partial charge in [0.15, 0.2) is 0 Å². The van der Waals surface area contributed by atoms with Crippen molar-refractivity contribution in [3.8, 4) is 11.3 Å². The van der Waals surface area contributed by atoms with Gasteiger partial charge >= 0.3 is 6.03 Å². The van der Waals surface area contributed by atoms with Crippen LogP contribution in [0.5, 0.6) is 0 Å². The van der Waals surface area contributed by atoms with Gasteiger partial charge in [0.05, 0.1) is 24.6 Å². The third kappa shape index (κ3) is 3.65. The molecule has 2 fully saturated rings. The monoisotopic (exact) mass is 380 g/mol. The number of rotatable bonds is 4. The Morgan fingerprint density at radius 2 is 1.89 bits per heavy atom. The SMILES string of the molecule is O=C(Nc1ccc(-c2nc(N3CCOCC3)nc3c2CNC3)cc1)NC1CC1. The van der Waals surface area contributed by atoms with Crippen molar-refractivity contribution in [2.45, 2.75) is 32.0 Å². The molecule has 8 nitrogen and oxygen atoms in total. The Labute approximate surface area is 163 Å². The first-order chi connectivity index (χ1) is 13.8. The maximum atomic E-state index is 11.9. The quantitative estimate of drug-likeness (QED) is 0.750. The summed E-state index contributed by atoms with van der Waals surface area (Å²) in [6.45, 7) is 4.57. The number of fused-ring (bicyclic) bond motifs is 1. The van der Waals surface area contributed by atoms with E-state index >= 15 is 0 Å². The van der Waals surface area contributed by atoms with E-state index in [1.54, 1.807) is 0 Å². The summed E-state index contributed by atoms with van der Waals surface area (Å²) in [5.74, 6) is 0.770. The second-order valence-electron chi connectivity index (χ2n) is 7.45. The molecule has 3 heterocycles. The summed E-state index contributed by atoms with van der Waals surface area (Å²) in [4.78, 5) is 23.8. The molecule has 146 valence electrons. The summed E-state index contributed by atoms with van der Waals surface area (Å²) < 4.78 is 5.45. The first kappa shape index (κ1) is 17.4. The number of ether oxygens (including phenoxy) is 1. The largest absolute Gasteiger partial charge is 0.378 e. The number of hydrogen-bond donors (Lipinski definition) is 3. The van der Waals surface area contributed by atoms with Gasteiger partial charge < -0.3 is 25.6 Å². The van der Waals surface area contributed by atoms with Gasteiger partial charge in [-0.1, -0.05) is 12.1 Å². The summed E-state index contributed by atoms with van der Waals surface area (Å²) in [5, 5.41) is 9.20. The number of morpholine rings is 1. The van der Waals surface area contributed by atoms with Crippen molar-refractivity contribution < 1.29 is 9.53 Å². The Balaban J connectivity index is 1.40. The standard InChI is InChI=1S/C20H24N6O2/c27-20(23-15-5-6-15)22-14-3-1-13(2-4-14)18-16-11-21-12-17(16)24-19(25-18)26-7-9-28-10-8-26/h1-4,15,21H,5-12H2,(H2,22,23,27).